The van der Waals surface area contributed by atoms with E-state index in [9.17, 15) is 9.59 Å². The van der Waals surface area contributed by atoms with Crippen molar-refractivity contribution < 1.29 is 19.8 Å². The van der Waals surface area contributed by atoms with Gasteiger partial charge in [-0.2, -0.15) is 0 Å². The van der Waals surface area contributed by atoms with E-state index in [-0.39, 0.29) is 31.9 Å². The Morgan fingerprint density at radius 3 is 2.42 bits per heavy atom. The summed E-state index contributed by atoms with van der Waals surface area (Å²) in [6.07, 6.45) is 0.0279. The molecule has 0 aromatic heterocycles. The van der Waals surface area contributed by atoms with Crippen LogP contribution >= 0.6 is 11.6 Å². The number of carbonyl (C=O) groups excluding carboxylic acids is 1. The van der Waals surface area contributed by atoms with Crippen LogP contribution in [0, 0.1) is 5.92 Å². The van der Waals surface area contributed by atoms with Crippen LogP contribution in [0.4, 0.5) is 0 Å². The van der Waals surface area contributed by atoms with Gasteiger partial charge in [0.25, 0.3) is 0 Å². The van der Waals surface area contributed by atoms with E-state index in [4.69, 9.17) is 21.8 Å². The number of carboxylic acid groups (broad SMARTS) is 1. The molecule has 0 radical (unpaired) electrons. The second kappa shape index (κ2) is 7.76. The molecule has 0 spiro atoms. The summed E-state index contributed by atoms with van der Waals surface area (Å²) >= 11 is 5.73. The number of rotatable bonds is 7. The van der Waals surface area contributed by atoms with Crippen molar-refractivity contribution in [3.63, 3.8) is 0 Å². The summed E-state index contributed by atoms with van der Waals surface area (Å²) in [5.74, 6) is -1.68. The molecule has 104 valence electrons. The maximum absolute atomic E-state index is 11.6. The van der Waals surface area contributed by atoms with Gasteiger partial charge < -0.3 is 15.5 Å². The largest absolute Gasteiger partial charge is 0.481 e. The summed E-state index contributed by atoms with van der Waals surface area (Å²) in [6.45, 7) is -0.122. The van der Waals surface area contributed by atoms with Gasteiger partial charge in [-0.15, -0.1) is 0 Å². The van der Waals surface area contributed by atoms with E-state index in [0.717, 1.165) is 5.56 Å². The third kappa shape index (κ3) is 6.22. The molecule has 5 nitrogen and oxygen atoms in total. The molecule has 0 aliphatic rings. The molecule has 1 rings (SSSR count). The van der Waals surface area contributed by atoms with E-state index >= 15 is 0 Å². The number of carbonyl (C=O) groups is 2. The lowest BCUT2D eigenvalue weighted by Crippen LogP contribution is -2.32. The van der Waals surface area contributed by atoms with Crippen LogP contribution < -0.4 is 5.32 Å². The molecule has 0 saturated heterocycles. The minimum Gasteiger partial charge on any atom is -0.481 e. The zero-order valence-electron chi connectivity index (χ0n) is 10.3. The minimum absolute atomic E-state index is 0.148. The van der Waals surface area contributed by atoms with E-state index < -0.39 is 11.9 Å². The molecule has 3 N–H and O–H groups in total. The van der Waals surface area contributed by atoms with E-state index in [1.807, 2.05) is 0 Å². The van der Waals surface area contributed by atoms with Gasteiger partial charge in [-0.25, -0.2) is 0 Å². The lowest BCUT2D eigenvalue weighted by Gasteiger charge is -2.12. The van der Waals surface area contributed by atoms with E-state index in [1.54, 1.807) is 24.3 Å². The number of hydrogen-bond donors (Lipinski definition) is 3. The van der Waals surface area contributed by atoms with Crippen molar-refractivity contribution in [3.8, 4) is 0 Å². The van der Waals surface area contributed by atoms with Crippen molar-refractivity contribution in [2.75, 3.05) is 13.2 Å². The van der Waals surface area contributed by atoms with Gasteiger partial charge in [0.2, 0.25) is 5.91 Å². The molecule has 0 aliphatic carbocycles. The average Bonchev–Trinajstić information content (AvgIpc) is 2.37. The van der Waals surface area contributed by atoms with Crippen molar-refractivity contribution >= 4 is 23.5 Å². The standard InChI is InChI=1S/C13H16ClNO4/c14-11-3-1-9(2-4-11)5-12(17)15-7-10(8-16)6-13(18)19/h1-4,10,16H,5-8H2,(H,15,17)(H,18,19). The fourth-order valence-corrected chi connectivity index (χ4v) is 1.68. The van der Waals surface area contributed by atoms with E-state index in [2.05, 4.69) is 5.32 Å². The molecule has 1 aromatic carbocycles. The molecule has 0 saturated carbocycles. The van der Waals surface area contributed by atoms with Crippen molar-refractivity contribution in [2.45, 2.75) is 12.8 Å². The lowest BCUT2D eigenvalue weighted by atomic mass is 10.1. The summed E-state index contributed by atoms with van der Waals surface area (Å²) in [6, 6.07) is 6.90. The summed E-state index contributed by atoms with van der Waals surface area (Å²) in [5.41, 5.74) is 0.820. The molecule has 0 bridgehead atoms. The Bertz CT molecular complexity index is 433. The normalized spacial score (nSPS) is 11.9. The van der Waals surface area contributed by atoms with Gasteiger partial charge in [0.1, 0.15) is 0 Å². The molecule has 0 aliphatic heterocycles. The van der Waals surface area contributed by atoms with Gasteiger partial charge in [-0.1, -0.05) is 23.7 Å². The van der Waals surface area contributed by atoms with Crippen LogP contribution in [0.3, 0.4) is 0 Å². The van der Waals surface area contributed by atoms with Gasteiger partial charge in [-0.05, 0) is 17.7 Å². The van der Waals surface area contributed by atoms with Crippen molar-refractivity contribution in [1.29, 1.82) is 0 Å². The number of aliphatic hydroxyl groups is 1. The van der Waals surface area contributed by atoms with Gasteiger partial charge in [0.15, 0.2) is 0 Å². The Hall–Kier alpha value is -1.59. The van der Waals surface area contributed by atoms with Crippen molar-refractivity contribution in [2.24, 2.45) is 5.92 Å². The highest BCUT2D eigenvalue weighted by molar-refractivity contribution is 6.30. The number of carboxylic acids is 1. The number of aliphatic carboxylic acids is 1. The topological polar surface area (TPSA) is 86.6 Å². The van der Waals surface area contributed by atoms with Gasteiger partial charge in [0.05, 0.1) is 12.8 Å². The summed E-state index contributed by atoms with van der Waals surface area (Å²) in [7, 11) is 0. The highest BCUT2D eigenvalue weighted by Crippen LogP contribution is 2.10. The Morgan fingerprint density at radius 1 is 1.26 bits per heavy atom. The highest BCUT2D eigenvalue weighted by Gasteiger charge is 2.13. The predicted octanol–water partition coefficient (Wildman–Crippen LogP) is 1.08. The first kappa shape index (κ1) is 15.5. The van der Waals surface area contributed by atoms with Crippen molar-refractivity contribution in [3.05, 3.63) is 34.9 Å². The Balaban J connectivity index is 2.38. The molecule has 1 atom stereocenters. The Kier molecular flexibility index (Phi) is 6.32. The van der Waals surface area contributed by atoms with E-state index in [0.29, 0.717) is 5.02 Å². The molecular weight excluding hydrogens is 270 g/mol. The van der Waals surface area contributed by atoms with Gasteiger partial charge in [-0.3, -0.25) is 9.59 Å². The van der Waals surface area contributed by atoms with Crippen LogP contribution in [0.15, 0.2) is 24.3 Å². The first-order valence-electron chi connectivity index (χ1n) is 5.85. The zero-order chi connectivity index (χ0) is 14.3. The van der Waals surface area contributed by atoms with Crippen LogP contribution in [0.5, 0.6) is 0 Å². The maximum atomic E-state index is 11.6. The zero-order valence-corrected chi connectivity index (χ0v) is 11.1. The number of amides is 1. The average molecular weight is 286 g/mol. The quantitative estimate of drug-likeness (QED) is 0.700. The maximum Gasteiger partial charge on any atom is 0.303 e. The first-order chi connectivity index (χ1) is 9.01. The van der Waals surface area contributed by atoms with Crippen LogP contribution in [0.1, 0.15) is 12.0 Å². The number of benzene rings is 1. The number of aliphatic hydroxyl groups excluding tert-OH is 1. The molecule has 1 aromatic rings. The molecule has 0 heterocycles. The summed E-state index contributed by atoms with van der Waals surface area (Å²) < 4.78 is 0. The van der Waals surface area contributed by atoms with Crippen LogP contribution in [0.2, 0.25) is 5.02 Å². The SMILES string of the molecule is O=C(O)CC(CO)CNC(=O)Cc1ccc(Cl)cc1. The molecule has 0 fully saturated rings. The van der Waals surface area contributed by atoms with Crippen LogP contribution in [-0.2, 0) is 16.0 Å². The third-order valence-corrected chi connectivity index (χ3v) is 2.84. The highest BCUT2D eigenvalue weighted by atomic mass is 35.5. The third-order valence-electron chi connectivity index (χ3n) is 2.59. The second-order valence-electron chi connectivity index (χ2n) is 4.25. The molecular formula is C13H16ClNO4. The van der Waals surface area contributed by atoms with Crippen LogP contribution in [0.25, 0.3) is 0 Å². The Morgan fingerprint density at radius 2 is 1.89 bits per heavy atom. The predicted molar refractivity (Wildman–Crippen MR) is 71.0 cm³/mol. The second-order valence-corrected chi connectivity index (χ2v) is 4.69. The fourth-order valence-electron chi connectivity index (χ4n) is 1.56. The summed E-state index contributed by atoms with van der Waals surface area (Å²) in [5, 5.41) is 20.8. The smallest absolute Gasteiger partial charge is 0.303 e. The number of halogens is 1. The fraction of sp³-hybridized carbons (Fsp3) is 0.385. The first-order valence-corrected chi connectivity index (χ1v) is 6.23. The van der Waals surface area contributed by atoms with Gasteiger partial charge in [0, 0.05) is 24.1 Å². The lowest BCUT2D eigenvalue weighted by molar-refractivity contribution is -0.138. The van der Waals surface area contributed by atoms with E-state index in [1.165, 1.54) is 0 Å². The number of hydrogen-bond acceptors (Lipinski definition) is 3. The monoisotopic (exact) mass is 285 g/mol. The van der Waals surface area contributed by atoms with Gasteiger partial charge >= 0.3 is 5.97 Å². The molecule has 19 heavy (non-hydrogen) atoms. The Labute approximate surface area is 116 Å². The molecule has 1 amide bonds. The minimum atomic E-state index is -0.994. The molecule has 1 unspecified atom stereocenters. The van der Waals surface area contributed by atoms with Crippen LogP contribution in [-0.4, -0.2) is 35.2 Å². The molecule has 6 heteroatoms. The van der Waals surface area contributed by atoms with Crippen molar-refractivity contribution in [1.82, 2.24) is 5.32 Å². The summed E-state index contributed by atoms with van der Waals surface area (Å²) in [4.78, 5) is 22.1. The number of nitrogens with one attached hydrogen (secondary N) is 1.